The van der Waals surface area contributed by atoms with Crippen LogP contribution in [0, 0.1) is 6.92 Å². The molecule has 0 saturated heterocycles. The Bertz CT molecular complexity index is 728. The Hall–Kier alpha value is -2.42. The molecule has 88 valence electrons. The first kappa shape index (κ1) is 10.7. The number of fused-ring (bicyclic) bond motifs is 1. The normalized spacial score (nSPS) is 10.7. The fourth-order valence-corrected chi connectivity index (χ4v) is 2.21. The van der Waals surface area contributed by atoms with Crippen LogP contribution in [0.4, 0.5) is 0 Å². The van der Waals surface area contributed by atoms with Crippen molar-refractivity contribution < 1.29 is 4.79 Å². The zero-order chi connectivity index (χ0) is 12.5. The molecule has 0 atom stereocenters. The lowest BCUT2D eigenvalue weighted by atomic mass is 10.0. The SMILES string of the molecule is Cc1cc(C=O)ccc1-c1cccc2nccn12. The number of rotatable bonds is 2. The van der Waals surface area contributed by atoms with Gasteiger partial charge in [-0.05, 0) is 30.7 Å². The van der Waals surface area contributed by atoms with Crippen LogP contribution in [0.15, 0.2) is 48.8 Å². The minimum absolute atomic E-state index is 0.703. The van der Waals surface area contributed by atoms with Crippen LogP contribution in [0.2, 0.25) is 0 Å². The van der Waals surface area contributed by atoms with Gasteiger partial charge in [0.25, 0.3) is 0 Å². The maximum atomic E-state index is 10.8. The number of aryl methyl sites for hydroxylation is 1. The minimum Gasteiger partial charge on any atom is -0.300 e. The van der Waals surface area contributed by atoms with E-state index in [0.29, 0.717) is 5.56 Å². The number of benzene rings is 1. The van der Waals surface area contributed by atoms with Crippen molar-refractivity contribution in [2.24, 2.45) is 0 Å². The third kappa shape index (κ3) is 1.61. The summed E-state index contributed by atoms with van der Waals surface area (Å²) >= 11 is 0. The average Bonchev–Trinajstić information content (AvgIpc) is 2.87. The van der Waals surface area contributed by atoms with E-state index in [1.807, 2.05) is 47.9 Å². The maximum absolute atomic E-state index is 10.8. The highest BCUT2D eigenvalue weighted by atomic mass is 16.1. The number of hydrogen-bond donors (Lipinski definition) is 0. The molecular weight excluding hydrogens is 224 g/mol. The number of aldehydes is 1. The summed E-state index contributed by atoms with van der Waals surface area (Å²) in [6, 6.07) is 11.7. The molecular formula is C15H12N2O. The highest BCUT2D eigenvalue weighted by molar-refractivity contribution is 5.78. The summed E-state index contributed by atoms with van der Waals surface area (Å²) in [6.07, 6.45) is 4.60. The van der Waals surface area contributed by atoms with Gasteiger partial charge < -0.3 is 0 Å². The van der Waals surface area contributed by atoms with Crippen LogP contribution in [0.5, 0.6) is 0 Å². The Kier molecular flexibility index (Phi) is 2.45. The van der Waals surface area contributed by atoms with Crippen LogP contribution in [0.25, 0.3) is 16.9 Å². The molecule has 0 unspecified atom stereocenters. The largest absolute Gasteiger partial charge is 0.300 e. The molecule has 3 rings (SSSR count). The van der Waals surface area contributed by atoms with Gasteiger partial charge in [0.05, 0.1) is 5.69 Å². The molecule has 0 spiro atoms. The average molecular weight is 236 g/mol. The van der Waals surface area contributed by atoms with Crippen molar-refractivity contribution >= 4 is 11.9 Å². The van der Waals surface area contributed by atoms with Crippen molar-refractivity contribution in [1.29, 1.82) is 0 Å². The highest BCUT2D eigenvalue weighted by Crippen LogP contribution is 2.24. The van der Waals surface area contributed by atoms with Gasteiger partial charge in [0.2, 0.25) is 0 Å². The van der Waals surface area contributed by atoms with E-state index in [1.165, 1.54) is 0 Å². The van der Waals surface area contributed by atoms with Gasteiger partial charge in [0.1, 0.15) is 11.9 Å². The fourth-order valence-electron chi connectivity index (χ4n) is 2.21. The van der Waals surface area contributed by atoms with E-state index >= 15 is 0 Å². The molecule has 2 heterocycles. The number of hydrogen-bond acceptors (Lipinski definition) is 2. The molecule has 0 N–H and O–H groups in total. The molecule has 0 saturated carbocycles. The standard InChI is InChI=1S/C15H12N2O/c1-11-9-12(10-18)5-6-13(11)14-3-2-4-15-16-7-8-17(14)15/h2-10H,1H3. The predicted molar refractivity (Wildman–Crippen MR) is 70.8 cm³/mol. The second-order valence-corrected chi connectivity index (χ2v) is 4.26. The van der Waals surface area contributed by atoms with Crippen molar-refractivity contribution in [2.45, 2.75) is 6.92 Å². The molecule has 0 aliphatic carbocycles. The molecule has 0 bridgehead atoms. The summed E-state index contributed by atoms with van der Waals surface area (Å²) in [5.74, 6) is 0. The lowest BCUT2D eigenvalue weighted by Gasteiger charge is -2.09. The van der Waals surface area contributed by atoms with Crippen LogP contribution >= 0.6 is 0 Å². The van der Waals surface area contributed by atoms with E-state index in [9.17, 15) is 4.79 Å². The maximum Gasteiger partial charge on any atom is 0.150 e. The smallest absolute Gasteiger partial charge is 0.150 e. The molecule has 3 aromatic rings. The van der Waals surface area contributed by atoms with Gasteiger partial charge in [-0.1, -0.05) is 18.2 Å². The van der Waals surface area contributed by atoms with E-state index in [1.54, 1.807) is 6.20 Å². The van der Waals surface area contributed by atoms with Crippen molar-refractivity contribution in [2.75, 3.05) is 0 Å². The van der Waals surface area contributed by atoms with Crippen molar-refractivity contribution in [3.8, 4) is 11.3 Å². The number of aromatic nitrogens is 2. The quantitative estimate of drug-likeness (QED) is 0.641. The number of carbonyl (C=O) groups is 1. The van der Waals surface area contributed by atoms with Crippen molar-refractivity contribution in [1.82, 2.24) is 9.38 Å². The molecule has 1 aromatic carbocycles. The Balaban J connectivity index is 2.26. The van der Waals surface area contributed by atoms with Crippen LogP contribution in [0.3, 0.4) is 0 Å². The van der Waals surface area contributed by atoms with Gasteiger partial charge in [0, 0.05) is 23.5 Å². The lowest BCUT2D eigenvalue weighted by Crippen LogP contribution is -1.93. The molecule has 0 amide bonds. The first-order valence-electron chi connectivity index (χ1n) is 5.78. The van der Waals surface area contributed by atoms with E-state index < -0.39 is 0 Å². The zero-order valence-corrected chi connectivity index (χ0v) is 10.00. The van der Waals surface area contributed by atoms with Crippen molar-refractivity contribution in [3.05, 3.63) is 59.9 Å². The lowest BCUT2D eigenvalue weighted by molar-refractivity contribution is 0.112. The number of imidazole rings is 1. The van der Waals surface area contributed by atoms with Crippen LogP contribution in [-0.4, -0.2) is 15.7 Å². The van der Waals surface area contributed by atoms with Crippen LogP contribution < -0.4 is 0 Å². The molecule has 3 heteroatoms. The molecule has 0 aliphatic rings. The van der Waals surface area contributed by atoms with Gasteiger partial charge in [-0.2, -0.15) is 0 Å². The van der Waals surface area contributed by atoms with E-state index in [2.05, 4.69) is 11.1 Å². The van der Waals surface area contributed by atoms with Gasteiger partial charge in [-0.3, -0.25) is 9.20 Å². The third-order valence-electron chi connectivity index (χ3n) is 3.09. The monoisotopic (exact) mass is 236 g/mol. The molecule has 0 radical (unpaired) electrons. The summed E-state index contributed by atoms with van der Waals surface area (Å²) in [5, 5.41) is 0. The first-order valence-corrected chi connectivity index (χ1v) is 5.78. The summed E-state index contributed by atoms with van der Waals surface area (Å²) in [5.41, 5.74) is 4.91. The Morgan fingerprint density at radius 2 is 2.11 bits per heavy atom. The first-order chi connectivity index (χ1) is 8.79. The Morgan fingerprint density at radius 3 is 2.89 bits per heavy atom. The van der Waals surface area contributed by atoms with E-state index in [0.717, 1.165) is 28.8 Å². The minimum atomic E-state index is 0.703. The summed E-state index contributed by atoms with van der Waals surface area (Å²) in [6.45, 7) is 2.01. The second kappa shape index (κ2) is 4.11. The van der Waals surface area contributed by atoms with Crippen LogP contribution in [0.1, 0.15) is 15.9 Å². The van der Waals surface area contributed by atoms with Gasteiger partial charge in [0.15, 0.2) is 0 Å². The molecule has 3 nitrogen and oxygen atoms in total. The molecule has 0 fully saturated rings. The summed E-state index contributed by atoms with van der Waals surface area (Å²) < 4.78 is 2.04. The Morgan fingerprint density at radius 1 is 1.22 bits per heavy atom. The summed E-state index contributed by atoms with van der Waals surface area (Å²) in [4.78, 5) is 15.0. The topological polar surface area (TPSA) is 34.4 Å². The summed E-state index contributed by atoms with van der Waals surface area (Å²) in [7, 11) is 0. The molecule has 2 aromatic heterocycles. The number of nitrogens with zero attached hydrogens (tertiary/aromatic N) is 2. The second-order valence-electron chi connectivity index (χ2n) is 4.26. The molecule has 0 aliphatic heterocycles. The van der Waals surface area contributed by atoms with Gasteiger partial charge in [-0.15, -0.1) is 0 Å². The number of carbonyl (C=O) groups excluding carboxylic acids is 1. The highest BCUT2D eigenvalue weighted by Gasteiger charge is 2.06. The van der Waals surface area contributed by atoms with Crippen LogP contribution in [-0.2, 0) is 0 Å². The third-order valence-corrected chi connectivity index (χ3v) is 3.09. The molecule has 18 heavy (non-hydrogen) atoms. The number of pyridine rings is 1. The van der Waals surface area contributed by atoms with E-state index in [-0.39, 0.29) is 0 Å². The van der Waals surface area contributed by atoms with E-state index in [4.69, 9.17) is 0 Å². The zero-order valence-electron chi connectivity index (χ0n) is 10.00. The van der Waals surface area contributed by atoms with Gasteiger partial charge >= 0.3 is 0 Å². The fraction of sp³-hybridized carbons (Fsp3) is 0.0667. The predicted octanol–water partition coefficient (Wildman–Crippen LogP) is 3.12. The Labute approximate surface area is 105 Å². The van der Waals surface area contributed by atoms with Crippen molar-refractivity contribution in [3.63, 3.8) is 0 Å². The van der Waals surface area contributed by atoms with Gasteiger partial charge in [-0.25, -0.2) is 4.98 Å².